The van der Waals surface area contributed by atoms with Crippen molar-refractivity contribution in [2.75, 3.05) is 13.7 Å². The molecule has 3 rings (SSSR count). The molecule has 0 N–H and O–H groups in total. The summed E-state index contributed by atoms with van der Waals surface area (Å²) >= 11 is 0. The number of halogens is 1. The third-order valence-corrected chi connectivity index (χ3v) is 4.38. The molecule has 0 aliphatic rings. The lowest BCUT2D eigenvalue weighted by atomic mass is 10.1. The molecule has 1 aromatic carbocycles. The van der Waals surface area contributed by atoms with Gasteiger partial charge in [-0.2, -0.15) is 0 Å². The van der Waals surface area contributed by atoms with Crippen LogP contribution in [0.2, 0.25) is 0 Å². The van der Waals surface area contributed by atoms with E-state index < -0.39 is 5.97 Å². The van der Waals surface area contributed by atoms with Crippen LogP contribution in [0.15, 0.2) is 30.6 Å². The van der Waals surface area contributed by atoms with Crippen LogP contribution in [-0.2, 0) is 22.5 Å². The predicted molar refractivity (Wildman–Crippen MR) is 99.9 cm³/mol. The van der Waals surface area contributed by atoms with E-state index in [1.807, 2.05) is 11.5 Å². The Balaban J connectivity index is 2.18. The average Bonchev–Trinajstić information content (AvgIpc) is 3.00. The van der Waals surface area contributed by atoms with Crippen molar-refractivity contribution >= 4 is 22.8 Å². The number of hydrogen-bond donors (Lipinski definition) is 0. The van der Waals surface area contributed by atoms with E-state index in [4.69, 9.17) is 4.74 Å². The molecule has 28 heavy (non-hydrogen) atoms. The molecule has 2 aromatic heterocycles. The maximum atomic E-state index is 13.6. The topological polar surface area (TPSA) is 83.3 Å². The molecule has 0 aliphatic heterocycles. The van der Waals surface area contributed by atoms with Gasteiger partial charge in [0.05, 0.1) is 18.1 Å². The van der Waals surface area contributed by atoms with Crippen molar-refractivity contribution < 1.29 is 23.5 Å². The Labute approximate surface area is 161 Å². The van der Waals surface area contributed by atoms with Crippen molar-refractivity contribution in [1.29, 1.82) is 0 Å². The molecule has 0 amide bonds. The smallest absolute Gasteiger partial charge is 0.343 e. The zero-order valence-electron chi connectivity index (χ0n) is 15.9. The summed E-state index contributed by atoms with van der Waals surface area (Å²) in [5, 5.41) is 0.437. The van der Waals surface area contributed by atoms with Crippen molar-refractivity contribution in [3.05, 3.63) is 53.2 Å². The lowest BCUT2D eigenvalue weighted by Gasteiger charge is -2.10. The van der Waals surface area contributed by atoms with E-state index in [0.717, 1.165) is 11.3 Å². The van der Waals surface area contributed by atoms with Gasteiger partial charge in [0, 0.05) is 12.2 Å². The van der Waals surface area contributed by atoms with Gasteiger partial charge in [0.2, 0.25) is 5.88 Å². The molecule has 146 valence electrons. The quantitative estimate of drug-likeness (QED) is 0.459. The highest BCUT2D eigenvalue weighted by atomic mass is 19.1. The second kappa shape index (κ2) is 8.16. The molecule has 0 unspecified atom stereocenters. The number of nitrogens with zero attached hydrogens (tertiary/aromatic N) is 3. The minimum absolute atomic E-state index is 0.133. The molecule has 8 heteroatoms. The molecule has 0 radical (unpaired) electrons. The molecule has 0 saturated carbocycles. The minimum atomic E-state index is -0.564. The predicted octanol–water partition coefficient (Wildman–Crippen LogP) is 2.94. The van der Waals surface area contributed by atoms with Gasteiger partial charge in [-0.25, -0.2) is 19.2 Å². The number of hydrogen-bond acceptors (Lipinski definition) is 6. The number of fused-ring (bicyclic) bond motifs is 1. The number of methoxy groups -OCH3 is 1. The number of ketones is 1. The summed E-state index contributed by atoms with van der Waals surface area (Å²) < 4.78 is 25.6. The van der Waals surface area contributed by atoms with E-state index in [1.165, 1.54) is 32.5 Å². The fourth-order valence-electron chi connectivity index (χ4n) is 3.22. The van der Waals surface area contributed by atoms with Crippen LogP contribution in [0.3, 0.4) is 0 Å². The standard InChI is InChI=1S/C20H20FN3O4/c1-4-15-17(12(2)25)18-19(22-11-23-20(18)28-10-16(26)27-3)24(15)9-13-6-5-7-14(21)8-13/h5-8,11H,4,9-10H2,1-3H3. The van der Waals surface area contributed by atoms with Crippen LogP contribution in [0.4, 0.5) is 4.39 Å². The third-order valence-electron chi connectivity index (χ3n) is 4.38. The first kappa shape index (κ1) is 19.5. The Morgan fingerprint density at radius 2 is 2.04 bits per heavy atom. The summed E-state index contributed by atoms with van der Waals surface area (Å²) in [6, 6.07) is 6.25. The van der Waals surface area contributed by atoms with Gasteiger partial charge in [-0.05, 0) is 31.0 Å². The summed E-state index contributed by atoms with van der Waals surface area (Å²) in [5.74, 6) is -0.938. The number of Topliss-reactive ketones (excluding diaryl/α,β-unsaturated/α-hetero) is 1. The fourth-order valence-corrected chi connectivity index (χ4v) is 3.22. The number of carbonyl (C=O) groups excluding carboxylic acids is 2. The van der Waals surface area contributed by atoms with E-state index in [9.17, 15) is 14.0 Å². The third kappa shape index (κ3) is 3.71. The van der Waals surface area contributed by atoms with Crippen LogP contribution in [-0.4, -0.2) is 40.0 Å². The molecule has 0 aliphatic carbocycles. The van der Waals surface area contributed by atoms with Gasteiger partial charge in [-0.3, -0.25) is 4.79 Å². The highest BCUT2D eigenvalue weighted by molar-refractivity contribution is 6.09. The normalized spacial score (nSPS) is 10.9. The molecule has 0 atom stereocenters. The average molecular weight is 385 g/mol. The van der Waals surface area contributed by atoms with Gasteiger partial charge in [-0.15, -0.1) is 0 Å². The summed E-state index contributed by atoms with van der Waals surface area (Å²) in [5.41, 5.74) is 2.41. The largest absolute Gasteiger partial charge is 0.466 e. The maximum Gasteiger partial charge on any atom is 0.343 e. The summed E-state index contributed by atoms with van der Waals surface area (Å²) in [6.07, 6.45) is 1.86. The number of esters is 1. The van der Waals surface area contributed by atoms with Crippen LogP contribution >= 0.6 is 0 Å². The molecule has 0 saturated heterocycles. The highest BCUT2D eigenvalue weighted by Crippen LogP contribution is 2.32. The van der Waals surface area contributed by atoms with Gasteiger partial charge in [0.25, 0.3) is 0 Å². The molecule has 0 fully saturated rings. The van der Waals surface area contributed by atoms with E-state index in [-0.39, 0.29) is 24.1 Å². The van der Waals surface area contributed by atoms with E-state index in [2.05, 4.69) is 14.7 Å². The summed E-state index contributed by atoms with van der Waals surface area (Å²) in [4.78, 5) is 32.3. The zero-order valence-corrected chi connectivity index (χ0v) is 15.9. The lowest BCUT2D eigenvalue weighted by Crippen LogP contribution is -2.13. The zero-order chi connectivity index (χ0) is 20.3. The summed E-state index contributed by atoms with van der Waals surface area (Å²) in [7, 11) is 1.26. The lowest BCUT2D eigenvalue weighted by molar-refractivity contribution is -0.142. The fraction of sp³-hybridized carbons (Fsp3) is 0.300. The molecular weight excluding hydrogens is 365 g/mol. The molecule has 0 spiro atoms. The first-order valence-corrected chi connectivity index (χ1v) is 8.77. The molecule has 0 bridgehead atoms. The Morgan fingerprint density at radius 1 is 1.25 bits per heavy atom. The van der Waals surface area contributed by atoms with Crippen LogP contribution in [0.1, 0.15) is 35.5 Å². The van der Waals surface area contributed by atoms with E-state index >= 15 is 0 Å². The number of ether oxygens (including phenoxy) is 2. The Hall–Kier alpha value is -3.29. The first-order valence-electron chi connectivity index (χ1n) is 8.77. The Morgan fingerprint density at radius 3 is 2.68 bits per heavy atom. The molecule has 3 aromatic rings. The van der Waals surface area contributed by atoms with Gasteiger partial charge < -0.3 is 14.0 Å². The molecule has 2 heterocycles. The Kier molecular flexibility index (Phi) is 5.67. The van der Waals surface area contributed by atoms with E-state index in [1.54, 1.807) is 12.1 Å². The van der Waals surface area contributed by atoms with Crippen molar-refractivity contribution in [2.45, 2.75) is 26.8 Å². The van der Waals surface area contributed by atoms with Crippen molar-refractivity contribution in [3.8, 4) is 5.88 Å². The van der Waals surface area contributed by atoms with Crippen LogP contribution in [0.5, 0.6) is 5.88 Å². The monoisotopic (exact) mass is 385 g/mol. The van der Waals surface area contributed by atoms with Gasteiger partial charge in [0.15, 0.2) is 12.4 Å². The Bertz CT molecular complexity index is 1050. The van der Waals surface area contributed by atoms with Crippen LogP contribution < -0.4 is 4.74 Å². The summed E-state index contributed by atoms with van der Waals surface area (Å²) in [6.45, 7) is 3.37. The maximum absolute atomic E-state index is 13.6. The SMILES string of the molecule is CCc1c(C(C)=O)c2c(OCC(=O)OC)ncnc2n1Cc1cccc(F)c1. The highest BCUT2D eigenvalue weighted by Gasteiger charge is 2.24. The van der Waals surface area contributed by atoms with Crippen LogP contribution in [0, 0.1) is 5.82 Å². The molecule has 7 nitrogen and oxygen atoms in total. The minimum Gasteiger partial charge on any atom is -0.466 e. The second-order valence-corrected chi connectivity index (χ2v) is 6.19. The first-order chi connectivity index (χ1) is 13.5. The number of aromatic nitrogens is 3. The van der Waals surface area contributed by atoms with Gasteiger partial charge >= 0.3 is 5.97 Å². The van der Waals surface area contributed by atoms with Crippen LogP contribution in [0.25, 0.3) is 11.0 Å². The second-order valence-electron chi connectivity index (χ2n) is 6.19. The van der Waals surface area contributed by atoms with E-state index in [0.29, 0.717) is 29.6 Å². The van der Waals surface area contributed by atoms with Gasteiger partial charge in [0.1, 0.15) is 17.8 Å². The van der Waals surface area contributed by atoms with Gasteiger partial charge in [-0.1, -0.05) is 19.1 Å². The van der Waals surface area contributed by atoms with Crippen molar-refractivity contribution in [3.63, 3.8) is 0 Å². The number of rotatable bonds is 7. The van der Waals surface area contributed by atoms with Crippen molar-refractivity contribution in [1.82, 2.24) is 14.5 Å². The van der Waals surface area contributed by atoms with Crippen molar-refractivity contribution in [2.24, 2.45) is 0 Å². The number of carbonyl (C=O) groups is 2. The molecular formula is C20H20FN3O4. The number of benzene rings is 1.